The summed E-state index contributed by atoms with van der Waals surface area (Å²) in [7, 11) is 0. The summed E-state index contributed by atoms with van der Waals surface area (Å²) in [6.45, 7) is 6.67. The van der Waals surface area contributed by atoms with Crippen LogP contribution in [0, 0.1) is 23.7 Å². The summed E-state index contributed by atoms with van der Waals surface area (Å²) < 4.78 is 5.89. The zero-order valence-electron chi connectivity index (χ0n) is 16.0. The van der Waals surface area contributed by atoms with Crippen LogP contribution in [-0.2, 0) is 4.74 Å². The summed E-state index contributed by atoms with van der Waals surface area (Å²) in [6.07, 6.45) is 20.3. The fourth-order valence-corrected chi connectivity index (χ4v) is 4.79. The van der Waals surface area contributed by atoms with E-state index in [1.54, 1.807) is 0 Å². The van der Waals surface area contributed by atoms with Gasteiger partial charge in [-0.05, 0) is 42.9 Å². The van der Waals surface area contributed by atoms with E-state index in [0.717, 1.165) is 36.9 Å². The molecule has 1 heteroatoms. The first-order valence-corrected chi connectivity index (χ1v) is 10.9. The van der Waals surface area contributed by atoms with Crippen LogP contribution in [0.5, 0.6) is 0 Å². The topological polar surface area (TPSA) is 9.23 Å². The van der Waals surface area contributed by atoms with Crippen molar-refractivity contribution in [3.63, 3.8) is 0 Å². The molecule has 0 heterocycles. The maximum absolute atomic E-state index is 5.89. The van der Waals surface area contributed by atoms with Crippen LogP contribution in [0.25, 0.3) is 0 Å². The van der Waals surface area contributed by atoms with E-state index in [9.17, 15) is 0 Å². The molecule has 0 aromatic rings. The SMILES string of the molecule is CCCCCOCC1CCC(CCC2CCC(CC)CC2)CC1. The molecule has 2 fully saturated rings. The van der Waals surface area contributed by atoms with E-state index in [-0.39, 0.29) is 0 Å². The molecule has 0 saturated heterocycles. The minimum atomic E-state index is 0.868. The van der Waals surface area contributed by atoms with E-state index in [1.165, 1.54) is 89.9 Å². The minimum Gasteiger partial charge on any atom is -0.381 e. The van der Waals surface area contributed by atoms with Gasteiger partial charge in [-0.15, -0.1) is 0 Å². The zero-order chi connectivity index (χ0) is 16.3. The van der Waals surface area contributed by atoms with E-state index in [4.69, 9.17) is 4.74 Å². The van der Waals surface area contributed by atoms with E-state index < -0.39 is 0 Å². The maximum atomic E-state index is 5.89. The second-order valence-electron chi connectivity index (χ2n) is 8.54. The third kappa shape index (κ3) is 7.59. The largest absolute Gasteiger partial charge is 0.381 e. The Kier molecular flexibility index (Phi) is 9.65. The molecule has 0 N–H and O–H groups in total. The monoisotopic (exact) mass is 322 g/mol. The van der Waals surface area contributed by atoms with Crippen molar-refractivity contribution in [3.05, 3.63) is 0 Å². The third-order valence-electron chi connectivity index (χ3n) is 6.74. The maximum Gasteiger partial charge on any atom is 0.0494 e. The molecule has 0 unspecified atom stereocenters. The van der Waals surface area contributed by atoms with Crippen LogP contribution in [-0.4, -0.2) is 13.2 Å². The molecule has 136 valence electrons. The van der Waals surface area contributed by atoms with Gasteiger partial charge in [-0.3, -0.25) is 0 Å². The lowest BCUT2D eigenvalue weighted by molar-refractivity contribution is 0.0736. The van der Waals surface area contributed by atoms with Gasteiger partial charge in [-0.1, -0.05) is 84.5 Å². The van der Waals surface area contributed by atoms with Gasteiger partial charge in [0.2, 0.25) is 0 Å². The summed E-state index contributed by atoms with van der Waals surface area (Å²) in [5.41, 5.74) is 0. The third-order valence-corrected chi connectivity index (χ3v) is 6.74. The fourth-order valence-electron chi connectivity index (χ4n) is 4.79. The molecule has 1 nitrogen and oxygen atoms in total. The van der Waals surface area contributed by atoms with E-state index in [1.807, 2.05) is 0 Å². The van der Waals surface area contributed by atoms with Crippen LogP contribution in [0.15, 0.2) is 0 Å². The Balaban J connectivity index is 1.48. The lowest BCUT2D eigenvalue weighted by atomic mass is 9.75. The summed E-state index contributed by atoms with van der Waals surface area (Å²) >= 11 is 0. The molecular formula is C22H42O. The van der Waals surface area contributed by atoms with E-state index >= 15 is 0 Å². The Morgan fingerprint density at radius 2 is 1.17 bits per heavy atom. The van der Waals surface area contributed by atoms with Gasteiger partial charge in [0.05, 0.1) is 0 Å². The van der Waals surface area contributed by atoms with Gasteiger partial charge in [0.15, 0.2) is 0 Å². The number of unbranched alkanes of at least 4 members (excludes halogenated alkanes) is 2. The zero-order valence-corrected chi connectivity index (χ0v) is 16.0. The second-order valence-corrected chi connectivity index (χ2v) is 8.54. The van der Waals surface area contributed by atoms with Crippen LogP contribution in [0.3, 0.4) is 0 Å². The average molecular weight is 323 g/mol. The molecule has 0 spiro atoms. The lowest BCUT2D eigenvalue weighted by Crippen LogP contribution is -2.20. The van der Waals surface area contributed by atoms with Gasteiger partial charge < -0.3 is 4.74 Å². The van der Waals surface area contributed by atoms with Crippen LogP contribution in [0.4, 0.5) is 0 Å². The van der Waals surface area contributed by atoms with Gasteiger partial charge in [-0.2, -0.15) is 0 Å². The molecule has 23 heavy (non-hydrogen) atoms. The van der Waals surface area contributed by atoms with Crippen LogP contribution >= 0.6 is 0 Å². The van der Waals surface area contributed by atoms with Gasteiger partial charge in [0.25, 0.3) is 0 Å². The summed E-state index contributed by atoms with van der Waals surface area (Å²) in [4.78, 5) is 0. The Hall–Kier alpha value is -0.0400. The smallest absolute Gasteiger partial charge is 0.0494 e. The lowest BCUT2D eigenvalue weighted by Gasteiger charge is -2.31. The van der Waals surface area contributed by atoms with Crippen molar-refractivity contribution in [2.75, 3.05) is 13.2 Å². The van der Waals surface area contributed by atoms with Crippen molar-refractivity contribution in [1.82, 2.24) is 0 Å². The Morgan fingerprint density at radius 3 is 1.70 bits per heavy atom. The fraction of sp³-hybridized carbons (Fsp3) is 1.00. The molecule has 2 saturated carbocycles. The molecule has 2 aliphatic rings. The minimum absolute atomic E-state index is 0.868. The predicted octanol–water partition coefficient (Wildman–Crippen LogP) is 7.00. The van der Waals surface area contributed by atoms with Crippen molar-refractivity contribution in [2.24, 2.45) is 23.7 Å². The predicted molar refractivity (Wildman–Crippen MR) is 101 cm³/mol. The highest BCUT2D eigenvalue weighted by molar-refractivity contribution is 4.76. The standard InChI is InChI=1S/C22H42O/c1-3-5-6-17-23-18-22-15-13-21(14-16-22)12-11-20-9-7-19(4-2)8-10-20/h19-22H,3-18H2,1-2H3. The highest BCUT2D eigenvalue weighted by atomic mass is 16.5. The van der Waals surface area contributed by atoms with Crippen molar-refractivity contribution in [1.29, 1.82) is 0 Å². The Morgan fingerprint density at radius 1 is 0.652 bits per heavy atom. The summed E-state index contributed by atoms with van der Waals surface area (Å²) in [5.74, 6) is 4.03. The van der Waals surface area contributed by atoms with Crippen molar-refractivity contribution in [3.8, 4) is 0 Å². The molecule has 0 amide bonds. The van der Waals surface area contributed by atoms with Crippen molar-refractivity contribution >= 4 is 0 Å². The van der Waals surface area contributed by atoms with Crippen LogP contribution in [0.1, 0.15) is 104 Å². The Labute approximate surface area is 146 Å². The molecule has 0 radical (unpaired) electrons. The van der Waals surface area contributed by atoms with Crippen molar-refractivity contribution < 1.29 is 4.74 Å². The van der Waals surface area contributed by atoms with Crippen LogP contribution in [0.2, 0.25) is 0 Å². The first-order valence-electron chi connectivity index (χ1n) is 10.9. The van der Waals surface area contributed by atoms with E-state index in [0.29, 0.717) is 0 Å². The number of rotatable bonds is 10. The molecule has 0 atom stereocenters. The van der Waals surface area contributed by atoms with Gasteiger partial charge in [0.1, 0.15) is 0 Å². The highest BCUT2D eigenvalue weighted by Crippen LogP contribution is 2.37. The molecule has 0 aromatic heterocycles. The highest BCUT2D eigenvalue weighted by Gasteiger charge is 2.24. The number of ether oxygens (including phenoxy) is 1. The Bertz CT molecular complexity index is 272. The second kappa shape index (κ2) is 11.5. The molecular weight excluding hydrogens is 280 g/mol. The average Bonchev–Trinajstić information content (AvgIpc) is 2.61. The first kappa shape index (κ1) is 19.3. The molecule has 0 aromatic carbocycles. The molecule has 0 aliphatic heterocycles. The quantitative estimate of drug-likeness (QED) is 0.393. The van der Waals surface area contributed by atoms with Gasteiger partial charge >= 0.3 is 0 Å². The summed E-state index contributed by atoms with van der Waals surface area (Å²) in [5, 5.41) is 0. The summed E-state index contributed by atoms with van der Waals surface area (Å²) in [6, 6.07) is 0. The normalized spacial score (nSPS) is 32.1. The van der Waals surface area contributed by atoms with Crippen molar-refractivity contribution in [2.45, 2.75) is 104 Å². The number of hydrogen-bond donors (Lipinski definition) is 0. The van der Waals surface area contributed by atoms with Crippen LogP contribution < -0.4 is 0 Å². The molecule has 0 bridgehead atoms. The number of hydrogen-bond acceptors (Lipinski definition) is 1. The first-order chi connectivity index (χ1) is 11.3. The molecule has 2 aliphatic carbocycles. The van der Waals surface area contributed by atoms with E-state index in [2.05, 4.69) is 13.8 Å². The van der Waals surface area contributed by atoms with Gasteiger partial charge in [0, 0.05) is 13.2 Å². The van der Waals surface area contributed by atoms with Gasteiger partial charge in [-0.25, -0.2) is 0 Å². The molecule has 2 rings (SSSR count).